The van der Waals surface area contributed by atoms with Crippen molar-refractivity contribution in [3.05, 3.63) is 107 Å². The summed E-state index contributed by atoms with van der Waals surface area (Å²) >= 11 is 0. The molecule has 2 N–H and O–H groups in total. The van der Waals surface area contributed by atoms with Crippen LogP contribution in [0.5, 0.6) is 0 Å². The van der Waals surface area contributed by atoms with E-state index in [1.807, 2.05) is 30.3 Å². The molecule has 4 rings (SSSR count). The maximum atomic E-state index is 13.0. The van der Waals surface area contributed by atoms with Crippen molar-refractivity contribution in [2.24, 2.45) is 0 Å². The quantitative estimate of drug-likeness (QED) is 0.305. The summed E-state index contributed by atoms with van der Waals surface area (Å²) in [5, 5.41) is 13.2. The van der Waals surface area contributed by atoms with E-state index in [0.717, 1.165) is 17.7 Å². The lowest BCUT2D eigenvalue weighted by Gasteiger charge is -2.15. The number of hydrogen-bond donors (Lipinski definition) is 2. The standard InChI is InChI=1S/C26H21F3N2O4.ClH/c27-26(28,29)19-10-6-9-18(13-19)14-30-23(24(32)33)21-15-31(22-12-5-4-11-20(21)22)25(34)35-16-17-7-2-1-3-8-17;/h1-13,15,23,30H,14,16H2,(H,32,33);1H. The molecule has 0 saturated carbocycles. The number of ether oxygens (including phenoxy) is 1. The molecule has 4 aromatic rings. The minimum Gasteiger partial charge on any atom is -0.480 e. The minimum absolute atomic E-state index is 0. The van der Waals surface area contributed by atoms with Gasteiger partial charge in [-0.1, -0.05) is 66.7 Å². The number of benzene rings is 3. The van der Waals surface area contributed by atoms with Gasteiger partial charge in [-0.3, -0.25) is 14.7 Å². The molecule has 0 fully saturated rings. The predicted molar refractivity (Wildman–Crippen MR) is 130 cm³/mol. The number of fused-ring (bicyclic) bond motifs is 1. The zero-order chi connectivity index (χ0) is 25.0. The van der Waals surface area contributed by atoms with Gasteiger partial charge in [-0.2, -0.15) is 13.2 Å². The third-order valence-electron chi connectivity index (χ3n) is 5.47. The molecule has 0 aliphatic heterocycles. The maximum absolute atomic E-state index is 13.0. The van der Waals surface area contributed by atoms with Gasteiger partial charge < -0.3 is 9.84 Å². The molecular weight excluding hydrogens is 497 g/mol. The van der Waals surface area contributed by atoms with E-state index in [0.29, 0.717) is 10.9 Å². The monoisotopic (exact) mass is 518 g/mol. The summed E-state index contributed by atoms with van der Waals surface area (Å²) in [5.41, 5.74) is 0.992. The molecule has 1 heterocycles. The lowest BCUT2D eigenvalue weighted by Crippen LogP contribution is -2.28. The number of aromatic nitrogens is 1. The number of nitrogens with one attached hydrogen (secondary N) is 1. The van der Waals surface area contributed by atoms with Crippen molar-refractivity contribution in [2.75, 3.05) is 0 Å². The van der Waals surface area contributed by atoms with Gasteiger partial charge in [-0.05, 0) is 23.3 Å². The number of hydrogen-bond acceptors (Lipinski definition) is 4. The van der Waals surface area contributed by atoms with E-state index >= 15 is 0 Å². The molecule has 0 aliphatic carbocycles. The number of nitrogens with zero attached hydrogens (tertiary/aromatic N) is 1. The van der Waals surface area contributed by atoms with E-state index in [2.05, 4.69) is 5.32 Å². The molecule has 0 amide bonds. The fraction of sp³-hybridized carbons (Fsp3) is 0.154. The number of carboxylic acid groups (broad SMARTS) is 1. The summed E-state index contributed by atoms with van der Waals surface area (Å²) in [7, 11) is 0. The average Bonchev–Trinajstić information content (AvgIpc) is 3.22. The van der Waals surface area contributed by atoms with Crippen molar-refractivity contribution in [1.82, 2.24) is 9.88 Å². The van der Waals surface area contributed by atoms with Crippen LogP contribution in [0.2, 0.25) is 0 Å². The van der Waals surface area contributed by atoms with E-state index in [-0.39, 0.29) is 36.7 Å². The van der Waals surface area contributed by atoms with E-state index in [9.17, 15) is 27.9 Å². The van der Waals surface area contributed by atoms with Crippen molar-refractivity contribution in [1.29, 1.82) is 0 Å². The molecule has 1 aromatic heterocycles. The summed E-state index contributed by atoms with van der Waals surface area (Å²) in [6, 6.07) is 19.2. The van der Waals surface area contributed by atoms with Crippen molar-refractivity contribution in [3.8, 4) is 0 Å². The Morgan fingerprint density at radius 3 is 2.31 bits per heavy atom. The smallest absolute Gasteiger partial charge is 0.418 e. The van der Waals surface area contributed by atoms with E-state index < -0.39 is 29.8 Å². The Kier molecular flexibility index (Phi) is 8.39. The number of rotatable bonds is 7. The fourth-order valence-corrected chi connectivity index (χ4v) is 3.78. The van der Waals surface area contributed by atoms with Crippen LogP contribution >= 0.6 is 12.4 Å². The van der Waals surface area contributed by atoms with Crippen LogP contribution in [-0.4, -0.2) is 21.7 Å². The first-order chi connectivity index (χ1) is 16.7. The molecule has 0 spiro atoms. The molecule has 36 heavy (non-hydrogen) atoms. The average molecular weight is 519 g/mol. The van der Waals surface area contributed by atoms with E-state index in [1.165, 1.54) is 22.9 Å². The van der Waals surface area contributed by atoms with Crippen LogP contribution in [0.25, 0.3) is 10.9 Å². The van der Waals surface area contributed by atoms with Gasteiger partial charge >= 0.3 is 18.2 Å². The lowest BCUT2D eigenvalue weighted by molar-refractivity contribution is -0.140. The Balaban J connectivity index is 0.00000361. The highest BCUT2D eigenvalue weighted by Crippen LogP contribution is 2.30. The van der Waals surface area contributed by atoms with Gasteiger partial charge in [0.2, 0.25) is 0 Å². The zero-order valence-corrected chi connectivity index (χ0v) is 19.6. The molecule has 188 valence electrons. The lowest BCUT2D eigenvalue weighted by atomic mass is 10.0. The zero-order valence-electron chi connectivity index (χ0n) is 18.7. The number of alkyl halides is 3. The molecule has 1 atom stereocenters. The second-order valence-electron chi connectivity index (χ2n) is 7.86. The largest absolute Gasteiger partial charge is 0.480 e. The van der Waals surface area contributed by atoms with E-state index in [1.54, 1.807) is 24.3 Å². The van der Waals surface area contributed by atoms with Crippen LogP contribution in [0.1, 0.15) is 28.3 Å². The maximum Gasteiger partial charge on any atom is 0.418 e. The number of aliphatic carboxylic acids is 1. The second kappa shape index (κ2) is 11.3. The summed E-state index contributed by atoms with van der Waals surface area (Å²) < 4.78 is 45.7. The highest BCUT2D eigenvalue weighted by molar-refractivity contribution is 5.95. The van der Waals surface area contributed by atoms with Gasteiger partial charge in [0.05, 0.1) is 11.1 Å². The Bertz CT molecular complexity index is 1360. The van der Waals surface area contributed by atoms with Gasteiger partial charge in [0.1, 0.15) is 12.6 Å². The molecule has 0 radical (unpaired) electrons. The molecule has 1 unspecified atom stereocenters. The first kappa shape index (κ1) is 26.8. The van der Waals surface area contributed by atoms with Crippen LogP contribution in [-0.2, 0) is 28.9 Å². The molecule has 0 saturated heterocycles. The van der Waals surface area contributed by atoms with Gasteiger partial charge in [-0.15, -0.1) is 12.4 Å². The van der Waals surface area contributed by atoms with Crippen molar-refractivity contribution in [3.63, 3.8) is 0 Å². The third-order valence-corrected chi connectivity index (χ3v) is 5.47. The molecule has 3 aromatic carbocycles. The number of carbonyl (C=O) groups excluding carboxylic acids is 1. The highest BCUT2D eigenvalue weighted by atomic mass is 35.5. The predicted octanol–water partition coefficient (Wildman–Crippen LogP) is 6.18. The van der Waals surface area contributed by atoms with Crippen LogP contribution in [0.4, 0.5) is 18.0 Å². The van der Waals surface area contributed by atoms with E-state index in [4.69, 9.17) is 4.74 Å². The van der Waals surface area contributed by atoms with Crippen LogP contribution in [0, 0.1) is 0 Å². The Labute approximate surface area is 210 Å². The van der Waals surface area contributed by atoms with Crippen LogP contribution < -0.4 is 5.32 Å². The number of para-hydroxylation sites is 1. The Hall–Kier alpha value is -3.82. The molecular formula is C26H22ClF3N2O4. The summed E-state index contributed by atoms with van der Waals surface area (Å²) in [6.45, 7) is -0.0868. The summed E-state index contributed by atoms with van der Waals surface area (Å²) in [5.74, 6) is -1.24. The highest BCUT2D eigenvalue weighted by Gasteiger charge is 2.31. The number of carboxylic acids is 1. The van der Waals surface area contributed by atoms with Gasteiger partial charge in [0.15, 0.2) is 0 Å². The summed E-state index contributed by atoms with van der Waals surface area (Å²) in [4.78, 5) is 24.9. The van der Waals surface area contributed by atoms with Crippen molar-refractivity contribution >= 4 is 35.4 Å². The second-order valence-corrected chi connectivity index (χ2v) is 7.86. The molecule has 0 bridgehead atoms. The topological polar surface area (TPSA) is 80.6 Å². The number of carbonyl (C=O) groups is 2. The van der Waals surface area contributed by atoms with Gasteiger partial charge in [-0.25, -0.2) is 4.79 Å². The minimum atomic E-state index is -4.50. The van der Waals surface area contributed by atoms with Crippen molar-refractivity contribution < 1.29 is 32.6 Å². The molecule has 6 nitrogen and oxygen atoms in total. The fourth-order valence-electron chi connectivity index (χ4n) is 3.78. The number of halogens is 4. The normalized spacial score (nSPS) is 12.1. The first-order valence-corrected chi connectivity index (χ1v) is 10.7. The Morgan fingerprint density at radius 2 is 1.61 bits per heavy atom. The third kappa shape index (κ3) is 6.05. The van der Waals surface area contributed by atoms with Gasteiger partial charge in [0, 0.05) is 23.7 Å². The first-order valence-electron chi connectivity index (χ1n) is 10.7. The van der Waals surface area contributed by atoms with Crippen molar-refractivity contribution in [2.45, 2.75) is 25.4 Å². The van der Waals surface area contributed by atoms with Crippen LogP contribution in [0.15, 0.2) is 85.1 Å². The Morgan fingerprint density at radius 1 is 0.944 bits per heavy atom. The molecule has 0 aliphatic rings. The SMILES string of the molecule is Cl.O=C(O)C(NCc1cccc(C(F)(F)F)c1)c1cn(C(=O)OCc2ccccc2)c2ccccc12. The van der Waals surface area contributed by atoms with Gasteiger partial charge in [0.25, 0.3) is 0 Å². The molecule has 10 heteroatoms. The summed E-state index contributed by atoms with van der Waals surface area (Å²) in [6.07, 6.45) is -3.80. The van der Waals surface area contributed by atoms with Crippen LogP contribution in [0.3, 0.4) is 0 Å².